The molecule has 0 fully saturated rings. The molecule has 2 nitrogen and oxygen atoms in total. The van der Waals surface area contributed by atoms with Crippen LogP contribution in [-0.2, 0) is 16.6 Å². The van der Waals surface area contributed by atoms with Gasteiger partial charge in [0.1, 0.15) is 0 Å². The van der Waals surface area contributed by atoms with Crippen LogP contribution in [0.1, 0.15) is 18.1 Å². The topological polar surface area (TPSA) is 34.1 Å². The Bertz CT molecular complexity index is 515. The van der Waals surface area contributed by atoms with Crippen LogP contribution in [0.25, 0.3) is 5.57 Å². The second kappa shape index (κ2) is 2.92. The lowest BCUT2D eigenvalue weighted by atomic mass is 10.1. The van der Waals surface area contributed by atoms with Crippen LogP contribution in [0.3, 0.4) is 0 Å². The summed E-state index contributed by atoms with van der Waals surface area (Å²) in [5.41, 5.74) is 2.24. The molecule has 0 unspecified atom stereocenters. The highest BCUT2D eigenvalue weighted by molar-refractivity contribution is 7.90. The molecular formula is C10H9FO2S. The molecule has 0 saturated heterocycles. The first-order valence-corrected chi connectivity index (χ1v) is 5.61. The summed E-state index contributed by atoms with van der Waals surface area (Å²) < 4.78 is 34.4. The van der Waals surface area contributed by atoms with Gasteiger partial charge in [0.05, 0.1) is 4.91 Å². The van der Waals surface area contributed by atoms with E-state index in [-0.39, 0.29) is 11.3 Å². The van der Waals surface area contributed by atoms with Gasteiger partial charge in [0.25, 0.3) is 0 Å². The lowest BCUT2D eigenvalue weighted by Crippen LogP contribution is -1.96. The number of hydrogen-bond donors (Lipinski definition) is 0. The minimum absolute atomic E-state index is 0.0984. The zero-order chi connectivity index (χ0) is 10.3. The predicted octanol–water partition coefficient (Wildman–Crippen LogP) is 2.27. The van der Waals surface area contributed by atoms with Gasteiger partial charge in [-0.15, -0.1) is 3.89 Å². The summed E-state index contributed by atoms with van der Waals surface area (Å²) in [4.78, 5) is -0.0984. The Morgan fingerprint density at radius 3 is 2.50 bits per heavy atom. The number of fused-ring (bicyclic) bond motifs is 1. The van der Waals surface area contributed by atoms with Gasteiger partial charge in [0.2, 0.25) is 0 Å². The molecule has 74 valence electrons. The Balaban J connectivity index is 2.61. The van der Waals surface area contributed by atoms with E-state index in [1.165, 1.54) is 0 Å². The van der Waals surface area contributed by atoms with Crippen LogP contribution >= 0.6 is 0 Å². The summed E-state index contributed by atoms with van der Waals surface area (Å²) in [6, 6.07) is 7.26. The van der Waals surface area contributed by atoms with Crippen molar-refractivity contribution in [3.8, 4) is 0 Å². The van der Waals surface area contributed by atoms with Gasteiger partial charge >= 0.3 is 10.2 Å². The number of hydrogen-bond acceptors (Lipinski definition) is 2. The first-order chi connectivity index (χ1) is 6.50. The molecule has 0 heterocycles. The van der Waals surface area contributed by atoms with Crippen LogP contribution in [0.15, 0.2) is 29.2 Å². The fourth-order valence-electron chi connectivity index (χ4n) is 1.77. The monoisotopic (exact) mass is 212 g/mol. The second-order valence-corrected chi connectivity index (χ2v) is 4.69. The van der Waals surface area contributed by atoms with Crippen molar-refractivity contribution in [1.29, 1.82) is 0 Å². The predicted molar refractivity (Wildman–Crippen MR) is 52.8 cm³/mol. The standard InChI is InChI=1S/C10H9FO2S/c1-7-9-5-3-2-4-8(9)6-10(7)14(11,12)13/h2-5H,6H2,1H3. The van der Waals surface area contributed by atoms with E-state index in [0.717, 1.165) is 11.1 Å². The molecule has 0 bridgehead atoms. The Labute approximate surface area is 82.3 Å². The van der Waals surface area contributed by atoms with Gasteiger partial charge in [-0.05, 0) is 23.6 Å². The maximum Gasteiger partial charge on any atom is 0.328 e. The van der Waals surface area contributed by atoms with Gasteiger partial charge in [-0.3, -0.25) is 0 Å². The average Bonchev–Trinajstić information content (AvgIpc) is 2.44. The summed E-state index contributed by atoms with van der Waals surface area (Å²) in [6.07, 6.45) is 0.181. The Kier molecular flexibility index (Phi) is 1.96. The molecular weight excluding hydrogens is 203 g/mol. The van der Waals surface area contributed by atoms with Crippen LogP contribution in [0.5, 0.6) is 0 Å². The summed E-state index contributed by atoms with van der Waals surface area (Å²) in [7, 11) is -4.54. The molecule has 4 heteroatoms. The molecule has 0 radical (unpaired) electrons. The summed E-state index contributed by atoms with van der Waals surface area (Å²) in [6.45, 7) is 1.64. The molecule has 0 N–H and O–H groups in total. The first-order valence-electron chi connectivity index (χ1n) is 4.23. The van der Waals surface area contributed by atoms with Gasteiger partial charge in [-0.1, -0.05) is 24.3 Å². The molecule has 1 aromatic rings. The van der Waals surface area contributed by atoms with Crippen molar-refractivity contribution < 1.29 is 12.3 Å². The van der Waals surface area contributed by atoms with Crippen LogP contribution in [-0.4, -0.2) is 8.42 Å². The SMILES string of the molecule is CC1=C(S(=O)(=O)F)Cc2ccccc21. The first kappa shape index (κ1) is 9.40. The van der Waals surface area contributed by atoms with E-state index in [2.05, 4.69) is 0 Å². The normalized spacial score (nSPS) is 15.9. The Morgan fingerprint density at radius 1 is 1.29 bits per heavy atom. The minimum Gasteiger partial charge on any atom is -0.190 e. The van der Waals surface area contributed by atoms with E-state index in [1.54, 1.807) is 6.92 Å². The fraction of sp³-hybridized carbons (Fsp3) is 0.200. The number of halogens is 1. The van der Waals surface area contributed by atoms with Gasteiger partial charge < -0.3 is 0 Å². The van der Waals surface area contributed by atoms with Crippen LogP contribution in [0.2, 0.25) is 0 Å². The largest absolute Gasteiger partial charge is 0.328 e. The highest BCUT2D eigenvalue weighted by Crippen LogP contribution is 2.35. The van der Waals surface area contributed by atoms with E-state index >= 15 is 0 Å². The smallest absolute Gasteiger partial charge is 0.190 e. The van der Waals surface area contributed by atoms with E-state index in [4.69, 9.17) is 0 Å². The molecule has 0 aliphatic heterocycles. The molecule has 0 aromatic heterocycles. The number of benzene rings is 1. The Hall–Kier alpha value is -1.16. The van der Waals surface area contributed by atoms with Crippen LogP contribution in [0.4, 0.5) is 3.89 Å². The number of allylic oxidation sites excluding steroid dienone is 2. The lowest BCUT2D eigenvalue weighted by molar-refractivity contribution is 0.559. The van der Waals surface area contributed by atoms with Crippen molar-refractivity contribution in [2.24, 2.45) is 0 Å². The van der Waals surface area contributed by atoms with Gasteiger partial charge in [-0.2, -0.15) is 8.42 Å². The summed E-state index contributed by atoms with van der Waals surface area (Å²) in [5.74, 6) is 0. The molecule has 0 saturated carbocycles. The zero-order valence-electron chi connectivity index (χ0n) is 7.62. The van der Waals surface area contributed by atoms with Crippen molar-refractivity contribution in [1.82, 2.24) is 0 Å². The van der Waals surface area contributed by atoms with Crippen LogP contribution < -0.4 is 0 Å². The van der Waals surface area contributed by atoms with Crippen LogP contribution in [0, 0.1) is 0 Å². The summed E-state index contributed by atoms with van der Waals surface area (Å²) >= 11 is 0. The number of rotatable bonds is 1. The molecule has 0 spiro atoms. The molecule has 1 aliphatic carbocycles. The zero-order valence-corrected chi connectivity index (χ0v) is 8.44. The van der Waals surface area contributed by atoms with Crippen molar-refractivity contribution in [3.63, 3.8) is 0 Å². The van der Waals surface area contributed by atoms with Crippen molar-refractivity contribution in [3.05, 3.63) is 40.3 Å². The third-order valence-electron chi connectivity index (χ3n) is 2.48. The second-order valence-electron chi connectivity index (χ2n) is 3.32. The maximum atomic E-state index is 12.8. The average molecular weight is 212 g/mol. The van der Waals surface area contributed by atoms with Crippen molar-refractivity contribution in [2.45, 2.75) is 13.3 Å². The van der Waals surface area contributed by atoms with E-state index in [9.17, 15) is 12.3 Å². The highest BCUT2D eigenvalue weighted by atomic mass is 32.3. The Morgan fingerprint density at radius 2 is 1.93 bits per heavy atom. The molecule has 0 amide bonds. The van der Waals surface area contributed by atoms with Gasteiger partial charge in [0.15, 0.2) is 0 Å². The van der Waals surface area contributed by atoms with Gasteiger partial charge in [0, 0.05) is 6.42 Å². The van der Waals surface area contributed by atoms with E-state index < -0.39 is 10.2 Å². The quantitative estimate of drug-likeness (QED) is 0.669. The molecule has 14 heavy (non-hydrogen) atoms. The summed E-state index contributed by atoms with van der Waals surface area (Å²) in [5, 5.41) is 0. The van der Waals surface area contributed by atoms with Crippen molar-refractivity contribution >= 4 is 15.8 Å². The van der Waals surface area contributed by atoms with Crippen molar-refractivity contribution in [2.75, 3.05) is 0 Å². The highest BCUT2D eigenvalue weighted by Gasteiger charge is 2.27. The lowest BCUT2D eigenvalue weighted by Gasteiger charge is -1.97. The van der Waals surface area contributed by atoms with E-state index in [1.807, 2.05) is 24.3 Å². The molecule has 1 aromatic carbocycles. The third kappa shape index (κ3) is 1.35. The van der Waals surface area contributed by atoms with E-state index in [0.29, 0.717) is 5.57 Å². The maximum absolute atomic E-state index is 12.8. The molecule has 0 atom stereocenters. The molecule has 1 aliphatic rings. The minimum atomic E-state index is -4.54. The van der Waals surface area contributed by atoms with Gasteiger partial charge in [-0.25, -0.2) is 0 Å². The fourth-order valence-corrected chi connectivity index (χ4v) is 2.57. The molecule has 2 rings (SSSR count). The third-order valence-corrected chi connectivity index (χ3v) is 3.52.